The Morgan fingerprint density at radius 3 is 2.38 bits per heavy atom. The van der Waals surface area contributed by atoms with Gasteiger partial charge in [0.05, 0.1) is 0 Å². The van der Waals surface area contributed by atoms with Gasteiger partial charge in [-0.05, 0) is 26.3 Å². The number of hydrogen-bond acceptors (Lipinski definition) is 2. The van der Waals surface area contributed by atoms with Crippen LogP contribution in [0.2, 0.25) is 0 Å². The van der Waals surface area contributed by atoms with Crippen LogP contribution in [-0.2, 0) is 0 Å². The molecule has 1 atom stereocenters. The molecule has 0 amide bonds. The number of nitrogens with one attached hydrogen (secondary N) is 2. The summed E-state index contributed by atoms with van der Waals surface area (Å²) < 4.78 is 0. The van der Waals surface area contributed by atoms with E-state index in [2.05, 4.69) is 31.4 Å². The maximum atomic E-state index is 3.46. The zero-order valence-electron chi connectivity index (χ0n) is 9.53. The monoisotopic (exact) mass is 186 g/mol. The van der Waals surface area contributed by atoms with Crippen LogP contribution in [0.4, 0.5) is 0 Å². The van der Waals surface area contributed by atoms with E-state index in [1.807, 2.05) is 0 Å². The molecule has 0 heterocycles. The highest BCUT2D eigenvalue weighted by atomic mass is 15.0. The molecule has 0 spiro atoms. The second-order valence-electron chi connectivity index (χ2n) is 3.72. The number of hydrogen-bond donors (Lipinski definition) is 2. The van der Waals surface area contributed by atoms with E-state index in [1.54, 1.807) is 0 Å². The Balaban J connectivity index is 2.91. The van der Waals surface area contributed by atoms with Gasteiger partial charge in [0.2, 0.25) is 0 Å². The standard InChI is InChI=1S/C11H26N2/c1-4-6-7-8-12-9-10-13-11(3)5-2/h11-13H,4-10H2,1-3H3/t11-/m0/s1. The molecule has 0 saturated carbocycles. The van der Waals surface area contributed by atoms with Gasteiger partial charge in [-0.1, -0.05) is 26.7 Å². The van der Waals surface area contributed by atoms with Gasteiger partial charge in [-0.3, -0.25) is 0 Å². The first-order valence-electron chi connectivity index (χ1n) is 5.75. The van der Waals surface area contributed by atoms with Crippen molar-refractivity contribution < 1.29 is 0 Å². The minimum Gasteiger partial charge on any atom is -0.315 e. The third-order valence-corrected chi connectivity index (χ3v) is 2.36. The van der Waals surface area contributed by atoms with Crippen molar-refractivity contribution in [3.63, 3.8) is 0 Å². The van der Waals surface area contributed by atoms with Crippen LogP contribution in [0.5, 0.6) is 0 Å². The molecule has 13 heavy (non-hydrogen) atoms. The lowest BCUT2D eigenvalue weighted by molar-refractivity contribution is 0.512. The molecule has 0 bridgehead atoms. The quantitative estimate of drug-likeness (QED) is 0.539. The fraction of sp³-hybridized carbons (Fsp3) is 1.00. The van der Waals surface area contributed by atoms with Crippen LogP contribution in [-0.4, -0.2) is 25.7 Å². The van der Waals surface area contributed by atoms with Crippen LogP contribution >= 0.6 is 0 Å². The molecule has 0 aromatic carbocycles. The third kappa shape index (κ3) is 9.84. The van der Waals surface area contributed by atoms with Crippen molar-refractivity contribution in [3.8, 4) is 0 Å². The Morgan fingerprint density at radius 2 is 1.77 bits per heavy atom. The molecule has 2 N–H and O–H groups in total. The Bertz CT molecular complexity index is 94.1. The average molecular weight is 186 g/mol. The molecule has 80 valence electrons. The normalized spacial score (nSPS) is 13.2. The van der Waals surface area contributed by atoms with Crippen LogP contribution in [0.3, 0.4) is 0 Å². The summed E-state index contributed by atoms with van der Waals surface area (Å²) in [5, 5.41) is 6.90. The van der Waals surface area contributed by atoms with Crippen molar-refractivity contribution >= 4 is 0 Å². The molecule has 0 unspecified atom stereocenters. The summed E-state index contributed by atoms with van der Waals surface area (Å²) in [6.07, 6.45) is 5.20. The Morgan fingerprint density at radius 1 is 1.00 bits per heavy atom. The van der Waals surface area contributed by atoms with Gasteiger partial charge in [0, 0.05) is 19.1 Å². The highest BCUT2D eigenvalue weighted by Gasteiger charge is 1.94. The van der Waals surface area contributed by atoms with E-state index in [1.165, 1.54) is 32.2 Å². The third-order valence-electron chi connectivity index (χ3n) is 2.36. The minimum absolute atomic E-state index is 0.664. The van der Waals surface area contributed by atoms with Gasteiger partial charge >= 0.3 is 0 Å². The first-order chi connectivity index (χ1) is 6.31. The lowest BCUT2D eigenvalue weighted by Gasteiger charge is -2.11. The molecule has 0 radical (unpaired) electrons. The van der Waals surface area contributed by atoms with E-state index >= 15 is 0 Å². The van der Waals surface area contributed by atoms with Crippen LogP contribution in [0.15, 0.2) is 0 Å². The van der Waals surface area contributed by atoms with Crippen molar-refractivity contribution in [3.05, 3.63) is 0 Å². The zero-order chi connectivity index (χ0) is 9.94. The Kier molecular flexibility index (Phi) is 9.94. The average Bonchev–Trinajstić information content (AvgIpc) is 2.16. The lowest BCUT2D eigenvalue weighted by atomic mass is 10.2. The molecule has 0 aliphatic carbocycles. The molecule has 0 aromatic rings. The van der Waals surface area contributed by atoms with Gasteiger partial charge in [0.1, 0.15) is 0 Å². The van der Waals surface area contributed by atoms with Crippen LogP contribution in [0.1, 0.15) is 46.5 Å². The summed E-state index contributed by atoms with van der Waals surface area (Å²) in [6, 6.07) is 0.664. The SMILES string of the molecule is CCCCCNCCN[C@@H](C)CC. The minimum atomic E-state index is 0.664. The van der Waals surface area contributed by atoms with Gasteiger partial charge in [-0.15, -0.1) is 0 Å². The first kappa shape index (κ1) is 12.9. The molecule has 2 nitrogen and oxygen atoms in total. The van der Waals surface area contributed by atoms with E-state index in [0.29, 0.717) is 6.04 Å². The summed E-state index contributed by atoms with van der Waals surface area (Å²) in [5.74, 6) is 0. The van der Waals surface area contributed by atoms with Crippen molar-refractivity contribution in [1.82, 2.24) is 10.6 Å². The molecule has 0 saturated heterocycles. The summed E-state index contributed by atoms with van der Waals surface area (Å²) in [4.78, 5) is 0. The topological polar surface area (TPSA) is 24.1 Å². The molecule has 0 aromatic heterocycles. The van der Waals surface area contributed by atoms with Gasteiger partial charge in [0.15, 0.2) is 0 Å². The number of unbranched alkanes of at least 4 members (excludes halogenated alkanes) is 2. The zero-order valence-corrected chi connectivity index (χ0v) is 9.53. The fourth-order valence-corrected chi connectivity index (χ4v) is 1.18. The fourth-order valence-electron chi connectivity index (χ4n) is 1.18. The molecule has 0 aliphatic heterocycles. The Labute approximate surface area is 83.5 Å². The van der Waals surface area contributed by atoms with Gasteiger partial charge in [-0.2, -0.15) is 0 Å². The molecule has 2 heteroatoms. The van der Waals surface area contributed by atoms with E-state index in [4.69, 9.17) is 0 Å². The Hall–Kier alpha value is -0.0800. The number of rotatable bonds is 9. The van der Waals surface area contributed by atoms with Gasteiger partial charge < -0.3 is 10.6 Å². The lowest BCUT2D eigenvalue weighted by Crippen LogP contribution is -2.33. The second-order valence-corrected chi connectivity index (χ2v) is 3.72. The summed E-state index contributed by atoms with van der Waals surface area (Å²) in [6.45, 7) is 10.1. The molecule has 0 fully saturated rings. The van der Waals surface area contributed by atoms with E-state index in [9.17, 15) is 0 Å². The van der Waals surface area contributed by atoms with Crippen molar-refractivity contribution in [2.24, 2.45) is 0 Å². The second kappa shape index (κ2) is 10.0. The van der Waals surface area contributed by atoms with Crippen LogP contribution < -0.4 is 10.6 Å². The molecule has 0 rings (SSSR count). The van der Waals surface area contributed by atoms with Crippen molar-refractivity contribution in [1.29, 1.82) is 0 Å². The van der Waals surface area contributed by atoms with Crippen LogP contribution in [0.25, 0.3) is 0 Å². The summed E-state index contributed by atoms with van der Waals surface area (Å²) >= 11 is 0. The largest absolute Gasteiger partial charge is 0.315 e. The van der Waals surface area contributed by atoms with E-state index in [-0.39, 0.29) is 0 Å². The highest BCUT2D eigenvalue weighted by Crippen LogP contribution is 1.90. The first-order valence-corrected chi connectivity index (χ1v) is 5.75. The summed E-state index contributed by atoms with van der Waals surface area (Å²) in [7, 11) is 0. The van der Waals surface area contributed by atoms with E-state index in [0.717, 1.165) is 13.1 Å². The van der Waals surface area contributed by atoms with Gasteiger partial charge in [-0.25, -0.2) is 0 Å². The van der Waals surface area contributed by atoms with E-state index < -0.39 is 0 Å². The highest BCUT2D eigenvalue weighted by molar-refractivity contribution is 4.58. The molecular formula is C11H26N2. The predicted octanol–water partition coefficient (Wildman–Crippen LogP) is 2.15. The van der Waals surface area contributed by atoms with Crippen molar-refractivity contribution in [2.45, 2.75) is 52.5 Å². The predicted molar refractivity (Wildman–Crippen MR) is 60.2 cm³/mol. The maximum absolute atomic E-state index is 3.46. The molecule has 0 aliphatic rings. The van der Waals surface area contributed by atoms with Crippen molar-refractivity contribution in [2.75, 3.05) is 19.6 Å². The van der Waals surface area contributed by atoms with Crippen LogP contribution in [0, 0.1) is 0 Å². The van der Waals surface area contributed by atoms with Gasteiger partial charge in [0.25, 0.3) is 0 Å². The summed E-state index contributed by atoms with van der Waals surface area (Å²) in [5.41, 5.74) is 0. The maximum Gasteiger partial charge on any atom is 0.00792 e. The smallest absolute Gasteiger partial charge is 0.00792 e. The molecular weight excluding hydrogens is 160 g/mol.